The van der Waals surface area contributed by atoms with Crippen molar-refractivity contribution >= 4 is 12.0 Å². The first-order valence-corrected chi connectivity index (χ1v) is 6.71. The number of nitrogens with one attached hydrogen (secondary N) is 1. The number of carbonyl (C=O) groups is 2. The summed E-state index contributed by atoms with van der Waals surface area (Å²) in [5.74, 6) is -0.408. The fourth-order valence-electron chi connectivity index (χ4n) is 2.22. The number of hydrogen-bond donors (Lipinski definition) is 3. The molecule has 1 aromatic rings. The van der Waals surface area contributed by atoms with Crippen molar-refractivity contribution in [3.8, 4) is 5.75 Å². The Hall–Kier alpha value is -2.28. The Morgan fingerprint density at radius 1 is 1.33 bits per heavy atom. The van der Waals surface area contributed by atoms with E-state index in [0.717, 1.165) is 4.90 Å². The molecule has 0 aliphatic carbocycles. The summed E-state index contributed by atoms with van der Waals surface area (Å²) in [4.78, 5) is 24.1. The Bertz CT molecular complexity index is 493. The van der Waals surface area contributed by atoms with E-state index >= 15 is 0 Å². The van der Waals surface area contributed by atoms with Gasteiger partial charge in [0.15, 0.2) is 0 Å². The normalized spacial score (nSPS) is 21.1. The number of carboxylic acid groups (broad SMARTS) is 1. The van der Waals surface area contributed by atoms with Crippen molar-refractivity contribution in [3.63, 3.8) is 0 Å². The number of carboxylic acids is 1. The molecule has 1 aromatic carbocycles. The van der Waals surface area contributed by atoms with Crippen LogP contribution in [0.15, 0.2) is 30.3 Å². The second kappa shape index (κ2) is 6.94. The maximum absolute atomic E-state index is 11.9. The standard InChI is InChI=1S/C14H18N2O5/c17-10-8-12(13(18)19)16(9-10)14(20)15-6-7-21-11-4-2-1-3-5-11/h1-5,10,12,17H,6-9H2,(H,15,20)(H,18,19)/t10-,12-/m1/s1. The van der Waals surface area contributed by atoms with E-state index < -0.39 is 24.1 Å². The number of ether oxygens (including phenoxy) is 1. The van der Waals surface area contributed by atoms with Gasteiger partial charge in [-0.1, -0.05) is 18.2 Å². The van der Waals surface area contributed by atoms with Crippen LogP contribution in [0, 0.1) is 0 Å². The molecular formula is C14H18N2O5. The summed E-state index contributed by atoms with van der Waals surface area (Å²) in [6.07, 6.45) is -0.735. The molecule has 7 heteroatoms. The third kappa shape index (κ3) is 4.09. The Kier molecular flexibility index (Phi) is 4.99. The van der Waals surface area contributed by atoms with Crippen LogP contribution in [0.5, 0.6) is 5.75 Å². The van der Waals surface area contributed by atoms with E-state index in [1.807, 2.05) is 18.2 Å². The Morgan fingerprint density at radius 2 is 2.05 bits per heavy atom. The molecule has 1 fully saturated rings. The lowest BCUT2D eigenvalue weighted by atomic mass is 10.2. The van der Waals surface area contributed by atoms with Crippen LogP contribution >= 0.6 is 0 Å². The summed E-state index contributed by atoms with van der Waals surface area (Å²) in [5, 5.41) is 21.1. The van der Waals surface area contributed by atoms with E-state index in [-0.39, 0.29) is 26.1 Å². The van der Waals surface area contributed by atoms with Crippen LogP contribution in [0.1, 0.15) is 6.42 Å². The first-order valence-electron chi connectivity index (χ1n) is 6.71. The van der Waals surface area contributed by atoms with Gasteiger partial charge in [-0.15, -0.1) is 0 Å². The van der Waals surface area contributed by atoms with Crippen molar-refractivity contribution in [1.82, 2.24) is 10.2 Å². The fourth-order valence-corrected chi connectivity index (χ4v) is 2.22. The summed E-state index contributed by atoms with van der Waals surface area (Å²) in [6.45, 7) is 0.568. The van der Waals surface area contributed by atoms with Crippen LogP contribution in [0.2, 0.25) is 0 Å². The van der Waals surface area contributed by atoms with Crippen LogP contribution in [-0.4, -0.2) is 59.0 Å². The third-order valence-electron chi connectivity index (χ3n) is 3.22. The summed E-state index contributed by atoms with van der Waals surface area (Å²) in [5.41, 5.74) is 0. The number of amides is 2. The average Bonchev–Trinajstić information content (AvgIpc) is 2.87. The largest absolute Gasteiger partial charge is 0.492 e. The number of nitrogens with zero attached hydrogens (tertiary/aromatic N) is 1. The zero-order valence-corrected chi connectivity index (χ0v) is 11.4. The lowest BCUT2D eigenvalue weighted by Gasteiger charge is -2.21. The minimum absolute atomic E-state index is 0.0301. The smallest absolute Gasteiger partial charge is 0.326 e. The number of carbonyl (C=O) groups excluding carboxylic acids is 1. The number of aliphatic hydroxyl groups excluding tert-OH is 1. The Labute approximate surface area is 122 Å². The van der Waals surface area contributed by atoms with Gasteiger partial charge in [-0.05, 0) is 12.1 Å². The van der Waals surface area contributed by atoms with E-state index in [2.05, 4.69) is 5.32 Å². The Morgan fingerprint density at radius 3 is 2.71 bits per heavy atom. The summed E-state index contributed by atoms with van der Waals surface area (Å²) < 4.78 is 5.42. The van der Waals surface area contributed by atoms with E-state index in [9.17, 15) is 14.7 Å². The number of benzene rings is 1. The maximum atomic E-state index is 11.9. The van der Waals surface area contributed by atoms with Gasteiger partial charge in [0, 0.05) is 13.0 Å². The fraction of sp³-hybridized carbons (Fsp3) is 0.429. The van der Waals surface area contributed by atoms with Gasteiger partial charge in [0.25, 0.3) is 0 Å². The monoisotopic (exact) mass is 294 g/mol. The number of hydrogen-bond acceptors (Lipinski definition) is 4. The molecule has 114 valence electrons. The van der Waals surface area contributed by atoms with Gasteiger partial charge in [-0.2, -0.15) is 0 Å². The molecule has 2 amide bonds. The number of para-hydroxylation sites is 1. The molecule has 7 nitrogen and oxygen atoms in total. The van der Waals surface area contributed by atoms with Gasteiger partial charge in [0.1, 0.15) is 18.4 Å². The van der Waals surface area contributed by atoms with Crippen LogP contribution in [0.4, 0.5) is 4.79 Å². The highest BCUT2D eigenvalue weighted by molar-refractivity contribution is 5.83. The van der Waals surface area contributed by atoms with E-state index in [1.54, 1.807) is 12.1 Å². The molecule has 2 atom stereocenters. The van der Waals surface area contributed by atoms with Crippen molar-refractivity contribution in [2.45, 2.75) is 18.6 Å². The lowest BCUT2D eigenvalue weighted by molar-refractivity contribution is -0.141. The minimum atomic E-state index is -1.11. The van der Waals surface area contributed by atoms with Crippen LogP contribution < -0.4 is 10.1 Å². The minimum Gasteiger partial charge on any atom is -0.492 e. The Balaban J connectivity index is 1.75. The molecule has 1 aliphatic rings. The quantitative estimate of drug-likeness (QED) is 0.678. The summed E-state index contributed by atoms with van der Waals surface area (Å²) in [7, 11) is 0. The van der Waals surface area contributed by atoms with Crippen molar-refractivity contribution in [3.05, 3.63) is 30.3 Å². The molecule has 0 radical (unpaired) electrons. The molecular weight excluding hydrogens is 276 g/mol. The molecule has 2 rings (SSSR count). The molecule has 0 aromatic heterocycles. The van der Waals surface area contributed by atoms with Gasteiger partial charge < -0.3 is 25.2 Å². The SMILES string of the molecule is O=C(O)[C@H]1C[C@@H](O)CN1C(=O)NCCOc1ccccc1. The van der Waals surface area contributed by atoms with E-state index in [0.29, 0.717) is 5.75 Å². The zero-order chi connectivity index (χ0) is 15.2. The first kappa shape index (κ1) is 15.1. The highest BCUT2D eigenvalue weighted by Gasteiger charge is 2.38. The van der Waals surface area contributed by atoms with Gasteiger partial charge in [0.2, 0.25) is 0 Å². The van der Waals surface area contributed by atoms with Crippen LogP contribution in [0.3, 0.4) is 0 Å². The molecule has 0 unspecified atom stereocenters. The first-order chi connectivity index (χ1) is 10.1. The number of rotatable bonds is 5. The predicted molar refractivity (Wildman–Crippen MR) is 74.1 cm³/mol. The number of aliphatic hydroxyl groups is 1. The highest BCUT2D eigenvalue weighted by Crippen LogP contribution is 2.18. The number of β-amino-alcohol motifs (C(OH)–C–C–N with tert-alkyl or cyclic N) is 1. The van der Waals surface area contributed by atoms with E-state index in [4.69, 9.17) is 9.84 Å². The highest BCUT2D eigenvalue weighted by atomic mass is 16.5. The second-order valence-electron chi connectivity index (χ2n) is 4.79. The number of aliphatic carboxylic acids is 1. The molecule has 1 aliphatic heterocycles. The zero-order valence-electron chi connectivity index (χ0n) is 11.4. The molecule has 0 saturated carbocycles. The summed E-state index contributed by atoms with van der Waals surface area (Å²) >= 11 is 0. The maximum Gasteiger partial charge on any atom is 0.326 e. The number of urea groups is 1. The van der Waals surface area contributed by atoms with Gasteiger partial charge in [-0.3, -0.25) is 0 Å². The molecule has 1 heterocycles. The molecule has 3 N–H and O–H groups in total. The topological polar surface area (TPSA) is 99.1 Å². The third-order valence-corrected chi connectivity index (χ3v) is 3.22. The van der Waals surface area contributed by atoms with Crippen LogP contribution in [0.25, 0.3) is 0 Å². The predicted octanol–water partition coefficient (Wildman–Crippen LogP) is 0.295. The van der Waals surface area contributed by atoms with Gasteiger partial charge in [0.05, 0.1) is 12.6 Å². The van der Waals surface area contributed by atoms with Crippen molar-refractivity contribution < 1.29 is 24.5 Å². The molecule has 0 spiro atoms. The second-order valence-corrected chi connectivity index (χ2v) is 4.79. The summed E-state index contributed by atoms with van der Waals surface area (Å²) in [6, 6.07) is 7.69. The van der Waals surface area contributed by atoms with Crippen LogP contribution in [-0.2, 0) is 4.79 Å². The number of likely N-dealkylation sites (tertiary alicyclic amines) is 1. The molecule has 1 saturated heterocycles. The lowest BCUT2D eigenvalue weighted by Crippen LogP contribution is -2.47. The van der Waals surface area contributed by atoms with Crippen molar-refractivity contribution in [1.29, 1.82) is 0 Å². The van der Waals surface area contributed by atoms with E-state index in [1.165, 1.54) is 0 Å². The molecule has 0 bridgehead atoms. The van der Waals surface area contributed by atoms with Gasteiger partial charge >= 0.3 is 12.0 Å². The van der Waals surface area contributed by atoms with Gasteiger partial charge in [-0.25, -0.2) is 9.59 Å². The average molecular weight is 294 g/mol. The van der Waals surface area contributed by atoms with Crippen molar-refractivity contribution in [2.75, 3.05) is 19.7 Å². The molecule has 21 heavy (non-hydrogen) atoms. The van der Waals surface area contributed by atoms with Crippen molar-refractivity contribution in [2.24, 2.45) is 0 Å².